The van der Waals surface area contributed by atoms with Crippen molar-refractivity contribution in [1.82, 2.24) is 0 Å². The smallest absolute Gasteiger partial charge is 0.226 e. The molecule has 0 aromatic heterocycles. The Labute approximate surface area is 124 Å². The highest BCUT2D eigenvalue weighted by molar-refractivity contribution is 5.90. The molecule has 0 atom stereocenters. The summed E-state index contributed by atoms with van der Waals surface area (Å²) in [6.45, 7) is 4.64. The zero-order chi connectivity index (χ0) is 15.2. The predicted octanol–water partition coefficient (Wildman–Crippen LogP) is 3.88. The van der Waals surface area contributed by atoms with Gasteiger partial charge in [0, 0.05) is 24.3 Å². The number of amides is 1. The fraction of sp³-hybridized carbons (Fsp3) is 0.235. The van der Waals surface area contributed by atoms with Gasteiger partial charge in [0.1, 0.15) is 5.82 Å². The molecule has 0 radical (unpaired) electrons. The Balaban J connectivity index is 1.80. The van der Waals surface area contributed by atoms with Crippen LogP contribution in [0.25, 0.3) is 0 Å². The number of rotatable bonds is 5. The van der Waals surface area contributed by atoms with Crippen molar-refractivity contribution in [2.45, 2.75) is 20.3 Å². The van der Waals surface area contributed by atoms with Gasteiger partial charge in [-0.2, -0.15) is 0 Å². The van der Waals surface area contributed by atoms with Gasteiger partial charge in [-0.05, 0) is 49.7 Å². The van der Waals surface area contributed by atoms with E-state index in [-0.39, 0.29) is 11.7 Å². The van der Waals surface area contributed by atoms with E-state index >= 15 is 0 Å². The first-order chi connectivity index (χ1) is 10.0. The fourth-order valence-corrected chi connectivity index (χ4v) is 2.08. The van der Waals surface area contributed by atoms with Crippen molar-refractivity contribution in [1.29, 1.82) is 0 Å². The monoisotopic (exact) mass is 286 g/mol. The summed E-state index contributed by atoms with van der Waals surface area (Å²) in [6, 6.07) is 11.9. The molecule has 0 saturated heterocycles. The van der Waals surface area contributed by atoms with Gasteiger partial charge in [0.25, 0.3) is 0 Å². The fourth-order valence-electron chi connectivity index (χ4n) is 2.08. The summed E-state index contributed by atoms with van der Waals surface area (Å²) in [6.07, 6.45) is 0.352. The van der Waals surface area contributed by atoms with E-state index in [9.17, 15) is 9.18 Å². The molecule has 0 fully saturated rings. The lowest BCUT2D eigenvalue weighted by Gasteiger charge is -2.10. The van der Waals surface area contributed by atoms with Crippen LogP contribution < -0.4 is 10.6 Å². The Morgan fingerprint density at radius 1 is 1.10 bits per heavy atom. The lowest BCUT2D eigenvalue weighted by atomic mass is 10.1. The van der Waals surface area contributed by atoms with Gasteiger partial charge in [-0.25, -0.2) is 4.39 Å². The van der Waals surface area contributed by atoms with E-state index in [4.69, 9.17) is 0 Å². The summed E-state index contributed by atoms with van der Waals surface area (Å²) in [5.41, 5.74) is 4.02. The van der Waals surface area contributed by atoms with Gasteiger partial charge in [-0.15, -0.1) is 0 Å². The molecule has 0 spiro atoms. The molecule has 3 nitrogen and oxygen atoms in total. The molecule has 0 heterocycles. The maximum absolute atomic E-state index is 12.8. The molecule has 0 aliphatic heterocycles. The molecule has 2 aromatic rings. The third-order valence-corrected chi connectivity index (χ3v) is 3.18. The second kappa shape index (κ2) is 6.88. The van der Waals surface area contributed by atoms with Crippen molar-refractivity contribution in [2.75, 3.05) is 17.2 Å². The standard InChI is InChI=1S/C17H19FN2O/c1-12-3-8-16(13(2)11-12)19-10-9-17(21)20-15-6-4-14(18)5-7-15/h3-8,11,19H,9-10H2,1-2H3,(H,20,21). The van der Waals surface area contributed by atoms with Crippen LogP contribution in [0.4, 0.5) is 15.8 Å². The zero-order valence-corrected chi connectivity index (χ0v) is 12.2. The average molecular weight is 286 g/mol. The first-order valence-corrected chi connectivity index (χ1v) is 6.91. The van der Waals surface area contributed by atoms with Gasteiger partial charge in [-0.3, -0.25) is 4.79 Å². The van der Waals surface area contributed by atoms with E-state index < -0.39 is 0 Å². The van der Waals surface area contributed by atoms with Crippen LogP contribution in [0.1, 0.15) is 17.5 Å². The molecular weight excluding hydrogens is 267 g/mol. The van der Waals surface area contributed by atoms with Crippen LogP contribution in [0.3, 0.4) is 0 Å². The van der Waals surface area contributed by atoms with E-state index in [0.717, 1.165) is 11.3 Å². The molecule has 0 saturated carbocycles. The summed E-state index contributed by atoms with van der Waals surface area (Å²) in [7, 11) is 0. The normalized spacial score (nSPS) is 10.2. The first kappa shape index (κ1) is 15.0. The van der Waals surface area contributed by atoms with E-state index in [1.165, 1.54) is 17.7 Å². The largest absolute Gasteiger partial charge is 0.384 e. The van der Waals surface area contributed by atoms with Gasteiger partial charge >= 0.3 is 0 Å². The summed E-state index contributed by atoms with van der Waals surface area (Å²) in [4.78, 5) is 11.8. The molecule has 0 unspecified atom stereocenters. The van der Waals surface area contributed by atoms with Gasteiger partial charge in [0.2, 0.25) is 5.91 Å². The van der Waals surface area contributed by atoms with Crippen molar-refractivity contribution in [2.24, 2.45) is 0 Å². The Morgan fingerprint density at radius 2 is 1.81 bits per heavy atom. The number of hydrogen-bond acceptors (Lipinski definition) is 2. The number of hydrogen-bond donors (Lipinski definition) is 2. The third kappa shape index (κ3) is 4.60. The van der Waals surface area contributed by atoms with Crippen molar-refractivity contribution < 1.29 is 9.18 Å². The van der Waals surface area contributed by atoms with Crippen LogP contribution in [0.5, 0.6) is 0 Å². The van der Waals surface area contributed by atoms with Crippen LogP contribution >= 0.6 is 0 Å². The molecule has 0 aliphatic rings. The zero-order valence-electron chi connectivity index (χ0n) is 12.2. The molecule has 0 bridgehead atoms. The van der Waals surface area contributed by atoms with Gasteiger partial charge in [-0.1, -0.05) is 17.7 Å². The van der Waals surface area contributed by atoms with E-state index in [1.54, 1.807) is 12.1 Å². The lowest BCUT2D eigenvalue weighted by Crippen LogP contribution is -2.16. The van der Waals surface area contributed by atoms with Crippen molar-refractivity contribution >= 4 is 17.3 Å². The first-order valence-electron chi connectivity index (χ1n) is 6.91. The molecule has 21 heavy (non-hydrogen) atoms. The maximum Gasteiger partial charge on any atom is 0.226 e. The van der Waals surface area contributed by atoms with Gasteiger partial charge in [0.05, 0.1) is 0 Å². The van der Waals surface area contributed by atoms with Crippen LogP contribution in [0.15, 0.2) is 42.5 Å². The average Bonchev–Trinajstić information content (AvgIpc) is 2.44. The minimum absolute atomic E-state index is 0.0983. The number of carbonyl (C=O) groups is 1. The molecule has 2 rings (SSSR count). The Hall–Kier alpha value is -2.36. The minimum atomic E-state index is -0.315. The van der Waals surface area contributed by atoms with Crippen LogP contribution in [-0.4, -0.2) is 12.5 Å². The molecule has 110 valence electrons. The summed E-state index contributed by atoms with van der Waals surface area (Å²) < 4.78 is 12.8. The molecule has 4 heteroatoms. The molecular formula is C17H19FN2O. The number of carbonyl (C=O) groups excluding carboxylic acids is 1. The van der Waals surface area contributed by atoms with Crippen molar-refractivity contribution in [3.8, 4) is 0 Å². The molecule has 2 aromatic carbocycles. The van der Waals surface area contributed by atoms with E-state index in [2.05, 4.69) is 16.7 Å². The highest BCUT2D eigenvalue weighted by Gasteiger charge is 2.03. The minimum Gasteiger partial charge on any atom is -0.384 e. The quantitative estimate of drug-likeness (QED) is 0.875. The molecule has 2 N–H and O–H groups in total. The van der Waals surface area contributed by atoms with Crippen LogP contribution in [0, 0.1) is 19.7 Å². The molecule has 1 amide bonds. The Kier molecular flexibility index (Phi) is 4.93. The third-order valence-electron chi connectivity index (χ3n) is 3.18. The number of benzene rings is 2. The molecule has 0 aliphatic carbocycles. The topological polar surface area (TPSA) is 41.1 Å². The summed E-state index contributed by atoms with van der Waals surface area (Å²) in [5, 5.41) is 5.98. The van der Waals surface area contributed by atoms with E-state index in [1.807, 2.05) is 26.0 Å². The van der Waals surface area contributed by atoms with Crippen molar-refractivity contribution in [3.63, 3.8) is 0 Å². The second-order valence-electron chi connectivity index (χ2n) is 5.05. The highest BCUT2D eigenvalue weighted by atomic mass is 19.1. The SMILES string of the molecule is Cc1ccc(NCCC(=O)Nc2ccc(F)cc2)c(C)c1. The summed E-state index contributed by atoms with van der Waals surface area (Å²) >= 11 is 0. The number of anilines is 2. The van der Waals surface area contributed by atoms with Crippen LogP contribution in [0.2, 0.25) is 0 Å². The van der Waals surface area contributed by atoms with Gasteiger partial charge < -0.3 is 10.6 Å². The Morgan fingerprint density at radius 3 is 2.48 bits per heavy atom. The number of halogens is 1. The van der Waals surface area contributed by atoms with Crippen molar-refractivity contribution in [3.05, 3.63) is 59.4 Å². The lowest BCUT2D eigenvalue weighted by molar-refractivity contribution is -0.115. The van der Waals surface area contributed by atoms with Gasteiger partial charge in [0.15, 0.2) is 0 Å². The van der Waals surface area contributed by atoms with Crippen LogP contribution in [-0.2, 0) is 4.79 Å². The second-order valence-corrected chi connectivity index (χ2v) is 5.05. The maximum atomic E-state index is 12.8. The van der Waals surface area contributed by atoms with E-state index in [0.29, 0.717) is 18.7 Å². The highest BCUT2D eigenvalue weighted by Crippen LogP contribution is 2.16. The predicted molar refractivity (Wildman–Crippen MR) is 84.1 cm³/mol. The number of aryl methyl sites for hydroxylation is 2. The number of nitrogens with one attached hydrogen (secondary N) is 2. The Bertz CT molecular complexity index is 623. The summed E-state index contributed by atoms with van der Waals surface area (Å²) in [5.74, 6) is -0.414.